The summed E-state index contributed by atoms with van der Waals surface area (Å²) in [6.45, 7) is 2.56. The average Bonchev–Trinajstić information content (AvgIpc) is 3.14. The predicted octanol–water partition coefficient (Wildman–Crippen LogP) is 3.99. The fourth-order valence-corrected chi connectivity index (χ4v) is 3.56. The van der Waals surface area contributed by atoms with E-state index in [9.17, 15) is 4.79 Å². The van der Waals surface area contributed by atoms with Crippen LogP contribution < -0.4 is 14.8 Å². The van der Waals surface area contributed by atoms with Crippen LogP contribution in [0.4, 0.5) is 0 Å². The molecule has 1 amide bonds. The van der Waals surface area contributed by atoms with Gasteiger partial charge in [0.1, 0.15) is 5.01 Å². The van der Waals surface area contributed by atoms with Crippen molar-refractivity contribution in [3.8, 4) is 22.1 Å². The summed E-state index contributed by atoms with van der Waals surface area (Å²) in [5.74, 6) is 1.29. The number of nitrogens with one attached hydrogen (secondary N) is 1. The minimum absolute atomic E-state index is 0.0410. The molecule has 27 heavy (non-hydrogen) atoms. The van der Waals surface area contributed by atoms with Gasteiger partial charge in [0.25, 0.3) is 0 Å². The molecule has 0 aliphatic rings. The van der Waals surface area contributed by atoms with E-state index in [-0.39, 0.29) is 12.3 Å². The molecule has 2 aromatic carbocycles. The number of aryl methyl sites for hydroxylation is 1. The van der Waals surface area contributed by atoms with Crippen molar-refractivity contribution in [3.63, 3.8) is 0 Å². The molecule has 0 aliphatic carbocycles. The molecule has 0 saturated heterocycles. The summed E-state index contributed by atoms with van der Waals surface area (Å²) in [6.07, 6.45) is 0.260. The topological polar surface area (TPSA) is 60.5 Å². The SMILES string of the molecule is COc1ccc(-c2nc(CC(=O)NCc3cccc(C)c3)cs2)cc1OC. The zero-order valence-electron chi connectivity index (χ0n) is 15.6. The lowest BCUT2D eigenvalue weighted by atomic mass is 10.1. The Kier molecular flexibility index (Phi) is 6.08. The lowest BCUT2D eigenvalue weighted by Gasteiger charge is -2.08. The number of aromatic nitrogens is 1. The Bertz CT molecular complexity index is 937. The predicted molar refractivity (Wildman–Crippen MR) is 107 cm³/mol. The second kappa shape index (κ2) is 8.68. The third-order valence-electron chi connectivity index (χ3n) is 4.10. The molecule has 0 unspecified atom stereocenters. The minimum Gasteiger partial charge on any atom is -0.493 e. The maximum atomic E-state index is 12.2. The fraction of sp³-hybridized carbons (Fsp3) is 0.238. The number of methoxy groups -OCH3 is 2. The highest BCUT2D eigenvalue weighted by molar-refractivity contribution is 7.13. The first-order chi connectivity index (χ1) is 13.1. The normalized spacial score (nSPS) is 10.5. The number of carbonyl (C=O) groups is 1. The number of nitrogens with zero attached hydrogens (tertiary/aromatic N) is 1. The number of amides is 1. The summed E-state index contributed by atoms with van der Waals surface area (Å²) < 4.78 is 10.6. The van der Waals surface area contributed by atoms with Crippen molar-refractivity contribution in [1.82, 2.24) is 10.3 Å². The lowest BCUT2D eigenvalue weighted by molar-refractivity contribution is -0.120. The number of carbonyl (C=O) groups excluding carboxylic acids is 1. The Morgan fingerprint density at radius 3 is 2.67 bits per heavy atom. The van der Waals surface area contributed by atoms with Gasteiger partial charge in [-0.1, -0.05) is 29.8 Å². The summed E-state index contributed by atoms with van der Waals surface area (Å²) in [7, 11) is 3.21. The third-order valence-corrected chi connectivity index (χ3v) is 5.04. The molecule has 0 saturated carbocycles. The number of thiazole rings is 1. The van der Waals surface area contributed by atoms with E-state index in [2.05, 4.69) is 16.4 Å². The molecular weight excluding hydrogens is 360 g/mol. The van der Waals surface area contributed by atoms with Crippen LogP contribution in [0.2, 0.25) is 0 Å². The zero-order valence-corrected chi connectivity index (χ0v) is 16.4. The monoisotopic (exact) mass is 382 g/mol. The maximum Gasteiger partial charge on any atom is 0.226 e. The molecule has 0 radical (unpaired) electrons. The van der Waals surface area contributed by atoms with Gasteiger partial charge in [0.05, 0.1) is 26.3 Å². The zero-order chi connectivity index (χ0) is 19.2. The maximum absolute atomic E-state index is 12.2. The van der Waals surface area contributed by atoms with Crippen molar-refractivity contribution in [3.05, 3.63) is 64.7 Å². The number of hydrogen-bond acceptors (Lipinski definition) is 5. The molecule has 1 heterocycles. The third kappa shape index (κ3) is 4.86. The smallest absolute Gasteiger partial charge is 0.226 e. The molecule has 3 rings (SSSR count). The van der Waals surface area contributed by atoms with Gasteiger partial charge in [0.2, 0.25) is 5.91 Å². The van der Waals surface area contributed by atoms with E-state index in [1.165, 1.54) is 16.9 Å². The first kappa shape index (κ1) is 18.9. The Morgan fingerprint density at radius 2 is 1.93 bits per heavy atom. The van der Waals surface area contributed by atoms with Crippen LogP contribution >= 0.6 is 11.3 Å². The van der Waals surface area contributed by atoms with E-state index in [0.717, 1.165) is 21.8 Å². The highest BCUT2D eigenvalue weighted by Crippen LogP contribution is 2.33. The van der Waals surface area contributed by atoms with E-state index in [0.29, 0.717) is 18.0 Å². The lowest BCUT2D eigenvalue weighted by Crippen LogP contribution is -2.24. The standard InChI is InChI=1S/C21H22N2O3S/c1-14-5-4-6-15(9-14)12-22-20(24)11-17-13-27-21(23-17)16-7-8-18(25-2)19(10-16)26-3/h4-10,13H,11-12H2,1-3H3,(H,22,24). The van der Waals surface area contributed by atoms with Gasteiger partial charge < -0.3 is 14.8 Å². The molecule has 1 aromatic heterocycles. The van der Waals surface area contributed by atoms with Crippen molar-refractivity contribution in [1.29, 1.82) is 0 Å². The van der Waals surface area contributed by atoms with Crippen LogP contribution in [0.15, 0.2) is 47.8 Å². The molecule has 0 bridgehead atoms. The molecule has 140 valence electrons. The molecule has 6 heteroatoms. The summed E-state index contributed by atoms with van der Waals surface area (Å²) in [6, 6.07) is 13.8. The van der Waals surface area contributed by atoms with Crippen molar-refractivity contribution in [2.45, 2.75) is 19.9 Å². The van der Waals surface area contributed by atoms with E-state index in [1.54, 1.807) is 14.2 Å². The molecule has 0 fully saturated rings. The van der Waals surface area contributed by atoms with Gasteiger partial charge in [-0.3, -0.25) is 4.79 Å². The number of hydrogen-bond donors (Lipinski definition) is 1. The van der Waals surface area contributed by atoms with E-state index in [1.807, 2.05) is 48.7 Å². The van der Waals surface area contributed by atoms with Gasteiger partial charge in [-0.15, -0.1) is 11.3 Å². The van der Waals surface area contributed by atoms with Crippen LogP contribution in [0.25, 0.3) is 10.6 Å². The van der Waals surface area contributed by atoms with Crippen LogP contribution in [0.3, 0.4) is 0 Å². The van der Waals surface area contributed by atoms with E-state index >= 15 is 0 Å². The summed E-state index contributed by atoms with van der Waals surface area (Å²) in [5, 5.41) is 5.71. The van der Waals surface area contributed by atoms with Crippen molar-refractivity contribution in [2.24, 2.45) is 0 Å². The molecule has 0 aliphatic heterocycles. The van der Waals surface area contributed by atoms with Crippen LogP contribution in [0.1, 0.15) is 16.8 Å². The molecular formula is C21H22N2O3S. The highest BCUT2D eigenvalue weighted by Gasteiger charge is 2.11. The molecule has 0 spiro atoms. The second-order valence-electron chi connectivity index (χ2n) is 6.16. The minimum atomic E-state index is -0.0410. The van der Waals surface area contributed by atoms with Gasteiger partial charge in [-0.25, -0.2) is 4.98 Å². The number of rotatable bonds is 7. The molecule has 0 atom stereocenters. The Morgan fingerprint density at radius 1 is 1.11 bits per heavy atom. The van der Waals surface area contributed by atoms with E-state index < -0.39 is 0 Å². The largest absolute Gasteiger partial charge is 0.493 e. The molecule has 3 aromatic rings. The van der Waals surface area contributed by atoms with Crippen molar-refractivity contribution in [2.75, 3.05) is 14.2 Å². The highest BCUT2D eigenvalue weighted by atomic mass is 32.1. The van der Waals surface area contributed by atoms with Crippen molar-refractivity contribution < 1.29 is 14.3 Å². The van der Waals surface area contributed by atoms with Gasteiger partial charge in [-0.2, -0.15) is 0 Å². The van der Waals surface area contributed by atoms with Crippen LogP contribution in [-0.4, -0.2) is 25.1 Å². The van der Waals surface area contributed by atoms with Crippen molar-refractivity contribution >= 4 is 17.2 Å². The first-order valence-electron chi connectivity index (χ1n) is 8.58. The van der Waals surface area contributed by atoms with Crippen LogP contribution in [0, 0.1) is 6.92 Å². The average molecular weight is 382 g/mol. The van der Waals surface area contributed by atoms with Crippen LogP contribution in [-0.2, 0) is 17.8 Å². The summed E-state index contributed by atoms with van der Waals surface area (Å²) in [5.41, 5.74) is 3.96. The van der Waals surface area contributed by atoms with Gasteiger partial charge in [-0.05, 0) is 30.7 Å². The Labute approximate surface area is 163 Å². The fourth-order valence-electron chi connectivity index (χ4n) is 2.74. The quantitative estimate of drug-likeness (QED) is 0.671. The molecule has 5 nitrogen and oxygen atoms in total. The number of ether oxygens (including phenoxy) is 2. The summed E-state index contributed by atoms with van der Waals surface area (Å²) in [4.78, 5) is 16.8. The van der Waals surface area contributed by atoms with Crippen LogP contribution in [0.5, 0.6) is 11.5 Å². The summed E-state index contributed by atoms with van der Waals surface area (Å²) >= 11 is 1.51. The second-order valence-corrected chi connectivity index (χ2v) is 7.01. The molecule has 1 N–H and O–H groups in total. The van der Waals surface area contributed by atoms with E-state index in [4.69, 9.17) is 9.47 Å². The first-order valence-corrected chi connectivity index (χ1v) is 9.46. The Balaban J connectivity index is 1.63. The Hall–Kier alpha value is -2.86. The number of benzene rings is 2. The van der Waals surface area contributed by atoms with Gasteiger partial charge in [0.15, 0.2) is 11.5 Å². The van der Waals surface area contributed by atoms with Gasteiger partial charge >= 0.3 is 0 Å². The van der Waals surface area contributed by atoms with Gasteiger partial charge in [0, 0.05) is 17.5 Å².